The topological polar surface area (TPSA) is 38.8 Å². The Labute approximate surface area is 120 Å². The maximum absolute atomic E-state index is 12.5. The van der Waals surface area contributed by atoms with Crippen LogP contribution in [-0.4, -0.2) is 44.2 Å². The van der Waals surface area contributed by atoms with Crippen LogP contribution in [0, 0.1) is 0 Å². The van der Waals surface area contributed by atoms with Crippen molar-refractivity contribution in [1.29, 1.82) is 0 Å². The van der Waals surface area contributed by atoms with Gasteiger partial charge in [-0.2, -0.15) is 13.2 Å². The van der Waals surface area contributed by atoms with E-state index in [1.54, 1.807) is 4.90 Å². The number of alkyl halides is 3. The van der Waals surface area contributed by atoms with Crippen LogP contribution in [0.5, 0.6) is 0 Å². The lowest BCUT2D eigenvalue weighted by atomic mass is 10.1. The molecular formula is C14H16F3NO3. The van der Waals surface area contributed by atoms with Crippen molar-refractivity contribution in [2.24, 2.45) is 0 Å². The van der Waals surface area contributed by atoms with Crippen molar-refractivity contribution in [3.05, 3.63) is 35.4 Å². The summed E-state index contributed by atoms with van der Waals surface area (Å²) in [7, 11) is 1.44. The standard InChI is InChI=1S/C14H16F3NO3/c1-20-9-13(19)18-6-7-21-12(8-18)10-2-4-11(5-3-10)14(15,16)17/h2-5,12H,6-9H2,1H3/t12-/m0/s1. The van der Waals surface area contributed by atoms with Crippen LogP contribution < -0.4 is 0 Å². The Morgan fingerprint density at radius 2 is 2.05 bits per heavy atom. The zero-order valence-corrected chi connectivity index (χ0v) is 11.5. The minimum absolute atomic E-state index is 0.0142. The summed E-state index contributed by atoms with van der Waals surface area (Å²) in [6.45, 7) is 1.10. The van der Waals surface area contributed by atoms with Gasteiger partial charge < -0.3 is 14.4 Å². The van der Waals surface area contributed by atoms with Gasteiger partial charge in [0.2, 0.25) is 5.91 Å². The molecule has 0 aliphatic carbocycles. The highest BCUT2D eigenvalue weighted by atomic mass is 19.4. The smallest absolute Gasteiger partial charge is 0.375 e. The molecule has 0 radical (unpaired) electrons. The monoisotopic (exact) mass is 303 g/mol. The van der Waals surface area contributed by atoms with Crippen molar-refractivity contribution in [2.45, 2.75) is 12.3 Å². The second-order valence-corrected chi connectivity index (χ2v) is 4.75. The second-order valence-electron chi connectivity index (χ2n) is 4.75. The molecule has 0 bridgehead atoms. The van der Waals surface area contributed by atoms with Crippen molar-refractivity contribution >= 4 is 5.91 Å². The average Bonchev–Trinajstić information content (AvgIpc) is 2.47. The van der Waals surface area contributed by atoms with E-state index in [4.69, 9.17) is 9.47 Å². The Hall–Kier alpha value is -1.60. The molecule has 116 valence electrons. The summed E-state index contributed by atoms with van der Waals surface area (Å²) >= 11 is 0. The Morgan fingerprint density at radius 3 is 2.62 bits per heavy atom. The lowest BCUT2D eigenvalue weighted by molar-refractivity contribution is -0.142. The summed E-state index contributed by atoms with van der Waals surface area (Å²) in [6, 6.07) is 4.82. The van der Waals surface area contributed by atoms with Crippen LogP contribution >= 0.6 is 0 Å². The van der Waals surface area contributed by atoms with E-state index < -0.39 is 17.8 Å². The number of carbonyl (C=O) groups excluding carboxylic acids is 1. The van der Waals surface area contributed by atoms with E-state index in [1.165, 1.54) is 19.2 Å². The Balaban J connectivity index is 2.06. The number of halogens is 3. The first-order chi connectivity index (χ1) is 9.91. The van der Waals surface area contributed by atoms with Gasteiger partial charge in [-0.25, -0.2) is 0 Å². The van der Waals surface area contributed by atoms with Gasteiger partial charge in [0.1, 0.15) is 12.7 Å². The zero-order chi connectivity index (χ0) is 15.5. The normalized spacial score (nSPS) is 19.6. The maximum atomic E-state index is 12.5. The minimum Gasteiger partial charge on any atom is -0.375 e. The summed E-state index contributed by atoms with van der Waals surface area (Å²) in [5.41, 5.74) is -0.0766. The predicted octanol–water partition coefficient (Wildman–Crippen LogP) is 2.25. The highest BCUT2D eigenvalue weighted by Crippen LogP contribution is 2.31. The van der Waals surface area contributed by atoms with Gasteiger partial charge in [-0.3, -0.25) is 4.79 Å². The molecular weight excluding hydrogens is 287 g/mol. The van der Waals surface area contributed by atoms with E-state index in [0.717, 1.165) is 12.1 Å². The van der Waals surface area contributed by atoms with Crippen LogP contribution in [0.1, 0.15) is 17.2 Å². The first-order valence-corrected chi connectivity index (χ1v) is 6.47. The second kappa shape index (κ2) is 6.44. The largest absolute Gasteiger partial charge is 0.416 e. The molecule has 1 aromatic carbocycles. The number of hydrogen-bond acceptors (Lipinski definition) is 3. The summed E-state index contributed by atoms with van der Waals surface area (Å²) < 4.78 is 47.9. The molecule has 1 atom stereocenters. The quantitative estimate of drug-likeness (QED) is 0.860. The van der Waals surface area contributed by atoms with Crippen LogP contribution in [0.15, 0.2) is 24.3 Å². The molecule has 0 aromatic heterocycles. The van der Waals surface area contributed by atoms with Gasteiger partial charge in [0.15, 0.2) is 0 Å². The third kappa shape index (κ3) is 3.95. The van der Waals surface area contributed by atoms with Crippen LogP contribution in [0.2, 0.25) is 0 Å². The van der Waals surface area contributed by atoms with Crippen molar-refractivity contribution < 1.29 is 27.4 Å². The van der Waals surface area contributed by atoms with Crippen LogP contribution in [0.4, 0.5) is 13.2 Å². The zero-order valence-electron chi connectivity index (χ0n) is 11.5. The maximum Gasteiger partial charge on any atom is 0.416 e. The van der Waals surface area contributed by atoms with Crippen LogP contribution in [0.3, 0.4) is 0 Å². The fourth-order valence-corrected chi connectivity index (χ4v) is 2.18. The van der Waals surface area contributed by atoms with E-state index in [-0.39, 0.29) is 12.5 Å². The number of nitrogens with zero attached hydrogens (tertiary/aromatic N) is 1. The van der Waals surface area contributed by atoms with Gasteiger partial charge in [-0.05, 0) is 17.7 Å². The first kappa shape index (κ1) is 15.8. The van der Waals surface area contributed by atoms with E-state index in [2.05, 4.69) is 0 Å². The molecule has 1 aliphatic heterocycles. The number of morpholine rings is 1. The number of rotatable bonds is 3. The number of benzene rings is 1. The molecule has 1 heterocycles. The van der Waals surface area contributed by atoms with Crippen molar-refractivity contribution in [2.75, 3.05) is 33.4 Å². The SMILES string of the molecule is COCC(=O)N1CCO[C@H](c2ccc(C(F)(F)F)cc2)C1. The molecule has 1 saturated heterocycles. The molecule has 1 aliphatic rings. The van der Waals surface area contributed by atoms with Gasteiger partial charge in [0.05, 0.1) is 18.7 Å². The third-order valence-corrected chi connectivity index (χ3v) is 3.30. The Bertz CT molecular complexity index is 487. The molecule has 7 heteroatoms. The number of methoxy groups -OCH3 is 1. The molecule has 0 N–H and O–H groups in total. The average molecular weight is 303 g/mol. The highest BCUT2D eigenvalue weighted by Gasteiger charge is 2.31. The molecule has 2 rings (SSSR count). The lowest BCUT2D eigenvalue weighted by Crippen LogP contribution is -2.43. The van der Waals surface area contributed by atoms with Gasteiger partial charge in [-0.1, -0.05) is 12.1 Å². The Morgan fingerprint density at radius 1 is 1.38 bits per heavy atom. The summed E-state index contributed by atoms with van der Waals surface area (Å²) in [4.78, 5) is 13.3. The molecule has 0 spiro atoms. The third-order valence-electron chi connectivity index (χ3n) is 3.30. The number of ether oxygens (including phenoxy) is 2. The molecule has 21 heavy (non-hydrogen) atoms. The molecule has 0 unspecified atom stereocenters. The minimum atomic E-state index is -4.35. The summed E-state index contributed by atoms with van der Waals surface area (Å²) in [5, 5.41) is 0. The van der Waals surface area contributed by atoms with Crippen molar-refractivity contribution in [3.63, 3.8) is 0 Å². The van der Waals surface area contributed by atoms with Crippen LogP contribution in [0.25, 0.3) is 0 Å². The molecule has 4 nitrogen and oxygen atoms in total. The Kier molecular flexibility index (Phi) is 4.84. The number of hydrogen-bond donors (Lipinski definition) is 0. The van der Waals surface area contributed by atoms with E-state index in [1.807, 2.05) is 0 Å². The molecule has 1 amide bonds. The van der Waals surface area contributed by atoms with Crippen molar-refractivity contribution in [3.8, 4) is 0 Å². The van der Waals surface area contributed by atoms with E-state index >= 15 is 0 Å². The summed E-state index contributed by atoms with van der Waals surface area (Å²) in [6.07, 6.45) is -4.77. The molecule has 0 saturated carbocycles. The lowest BCUT2D eigenvalue weighted by Gasteiger charge is -2.33. The fraction of sp³-hybridized carbons (Fsp3) is 0.500. The summed E-state index contributed by atoms with van der Waals surface area (Å²) in [5.74, 6) is -0.155. The van der Waals surface area contributed by atoms with Gasteiger partial charge in [0.25, 0.3) is 0 Å². The van der Waals surface area contributed by atoms with E-state index in [9.17, 15) is 18.0 Å². The van der Waals surface area contributed by atoms with Gasteiger partial charge in [-0.15, -0.1) is 0 Å². The molecule has 1 aromatic rings. The molecule has 1 fully saturated rings. The predicted molar refractivity (Wildman–Crippen MR) is 68.6 cm³/mol. The van der Waals surface area contributed by atoms with Crippen LogP contribution in [-0.2, 0) is 20.4 Å². The fourth-order valence-electron chi connectivity index (χ4n) is 2.18. The number of carbonyl (C=O) groups is 1. The van der Waals surface area contributed by atoms with Gasteiger partial charge in [0, 0.05) is 13.7 Å². The highest BCUT2D eigenvalue weighted by molar-refractivity contribution is 5.77. The van der Waals surface area contributed by atoms with Gasteiger partial charge >= 0.3 is 6.18 Å². The first-order valence-electron chi connectivity index (χ1n) is 6.47. The van der Waals surface area contributed by atoms with E-state index in [0.29, 0.717) is 25.3 Å². The van der Waals surface area contributed by atoms with Crippen molar-refractivity contribution in [1.82, 2.24) is 4.90 Å². The number of amides is 1.